The molecule has 1 fully saturated rings. The summed E-state index contributed by atoms with van der Waals surface area (Å²) in [5.41, 5.74) is 1.39. The van der Waals surface area contributed by atoms with E-state index in [9.17, 15) is 4.79 Å². The highest BCUT2D eigenvalue weighted by Crippen LogP contribution is 2.28. The molecule has 8 nitrogen and oxygen atoms in total. The van der Waals surface area contributed by atoms with Crippen molar-refractivity contribution in [2.75, 3.05) is 30.4 Å². The van der Waals surface area contributed by atoms with Crippen molar-refractivity contribution < 1.29 is 9.53 Å². The van der Waals surface area contributed by atoms with E-state index in [2.05, 4.69) is 34.3 Å². The number of halogens is 1. The fraction of sp³-hybridized carbons (Fsp3) is 0.429. The Balaban J connectivity index is 1.49. The molecule has 0 bridgehead atoms. The summed E-state index contributed by atoms with van der Waals surface area (Å²) in [4.78, 5) is 15.0. The fourth-order valence-corrected chi connectivity index (χ4v) is 3.97. The number of aromatic nitrogens is 4. The minimum Gasteiger partial charge on any atom is -0.495 e. The van der Waals surface area contributed by atoms with Gasteiger partial charge in [0, 0.05) is 24.7 Å². The number of carbonyl (C=O) groups is 1. The van der Waals surface area contributed by atoms with Crippen LogP contribution in [0.15, 0.2) is 30.3 Å². The predicted octanol–water partition coefficient (Wildman–Crippen LogP) is 3.76. The van der Waals surface area contributed by atoms with Crippen LogP contribution in [0.4, 0.5) is 11.5 Å². The van der Waals surface area contributed by atoms with E-state index in [1.54, 1.807) is 29.8 Å². The van der Waals surface area contributed by atoms with Gasteiger partial charge in [0.1, 0.15) is 11.6 Å². The van der Waals surface area contributed by atoms with Crippen molar-refractivity contribution in [2.24, 2.45) is 5.92 Å². The van der Waals surface area contributed by atoms with Crippen molar-refractivity contribution in [2.45, 2.75) is 32.6 Å². The van der Waals surface area contributed by atoms with Crippen LogP contribution in [0.5, 0.6) is 5.75 Å². The quantitative estimate of drug-likeness (QED) is 0.666. The number of nitrogens with zero attached hydrogens (tertiary/aromatic N) is 5. The molecule has 30 heavy (non-hydrogen) atoms. The smallest absolute Gasteiger partial charge is 0.229 e. The number of amides is 1. The van der Waals surface area contributed by atoms with Gasteiger partial charge in [-0.1, -0.05) is 25.4 Å². The average molecular weight is 429 g/mol. The molecule has 1 aromatic carbocycles. The molecule has 4 rings (SSSR count). The van der Waals surface area contributed by atoms with Crippen LogP contribution in [-0.2, 0) is 4.79 Å². The monoisotopic (exact) mass is 428 g/mol. The minimum atomic E-state index is -0.136. The van der Waals surface area contributed by atoms with E-state index in [4.69, 9.17) is 21.4 Å². The van der Waals surface area contributed by atoms with Crippen molar-refractivity contribution >= 4 is 34.7 Å². The molecule has 0 saturated carbocycles. The Labute approximate surface area is 180 Å². The van der Waals surface area contributed by atoms with Gasteiger partial charge >= 0.3 is 0 Å². The molecule has 1 aliphatic heterocycles. The van der Waals surface area contributed by atoms with Crippen LogP contribution in [0, 0.1) is 5.92 Å². The van der Waals surface area contributed by atoms with Gasteiger partial charge in [-0.3, -0.25) is 4.79 Å². The van der Waals surface area contributed by atoms with Gasteiger partial charge in [-0.15, -0.1) is 15.3 Å². The number of benzene rings is 1. The maximum Gasteiger partial charge on any atom is 0.229 e. The molecule has 3 aromatic rings. The Bertz CT molecular complexity index is 1070. The van der Waals surface area contributed by atoms with Crippen molar-refractivity contribution in [3.63, 3.8) is 0 Å². The van der Waals surface area contributed by atoms with E-state index in [-0.39, 0.29) is 17.7 Å². The number of fused-ring (bicyclic) bond motifs is 1. The molecule has 1 unspecified atom stereocenters. The molecule has 1 atom stereocenters. The van der Waals surface area contributed by atoms with Gasteiger partial charge in [0.05, 0.1) is 18.1 Å². The summed E-state index contributed by atoms with van der Waals surface area (Å²) < 4.78 is 6.96. The third kappa shape index (κ3) is 4.05. The first-order chi connectivity index (χ1) is 14.5. The first-order valence-corrected chi connectivity index (χ1v) is 10.5. The molecule has 158 valence electrons. The van der Waals surface area contributed by atoms with Crippen molar-refractivity contribution in [3.8, 4) is 5.75 Å². The average Bonchev–Trinajstić information content (AvgIpc) is 3.17. The lowest BCUT2D eigenvalue weighted by molar-refractivity contribution is -0.120. The Morgan fingerprint density at radius 2 is 2.10 bits per heavy atom. The number of methoxy groups -OCH3 is 1. The summed E-state index contributed by atoms with van der Waals surface area (Å²) in [5.74, 6) is 2.30. The van der Waals surface area contributed by atoms with Crippen molar-refractivity contribution in [1.29, 1.82) is 0 Å². The molecule has 0 spiro atoms. The number of carbonyl (C=O) groups excluding carboxylic acids is 1. The Hall–Kier alpha value is -2.87. The molecule has 1 N–H and O–H groups in total. The standard InChI is InChI=1S/C21H25ClN6O2/c1-13(2)20-25-24-18-8-9-19(26-28(18)20)27-10-4-5-14(12-27)21(29)23-15-6-7-17(30-3)16(22)11-15/h6-9,11,13-14H,4-5,10,12H2,1-3H3,(H,23,29). The fourth-order valence-electron chi connectivity index (χ4n) is 3.71. The lowest BCUT2D eigenvalue weighted by Crippen LogP contribution is -2.41. The maximum atomic E-state index is 12.9. The van der Waals surface area contributed by atoms with Crippen LogP contribution in [0.2, 0.25) is 5.02 Å². The summed E-state index contributed by atoms with van der Waals surface area (Å²) in [5, 5.41) is 16.6. The van der Waals surface area contributed by atoms with Gasteiger partial charge < -0.3 is 15.0 Å². The first kappa shape index (κ1) is 20.4. The van der Waals surface area contributed by atoms with Crippen molar-refractivity contribution in [1.82, 2.24) is 19.8 Å². The van der Waals surface area contributed by atoms with Gasteiger partial charge in [0.15, 0.2) is 11.5 Å². The molecular weight excluding hydrogens is 404 g/mol. The largest absolute Gasteiger partial charge is 0.495 e. The Kier molecular flexibility index (Phi) is 5.76. The highest BCUT2D eigenvalue weighted by atomic mass is 35.5. The van der Waals surface area contributed by atoms with Gasteiger partial charge in [-0.2, -0.15) is 4.52 Å². The van der Waals surface area contributed by atoms with Gasteiger partial charge in [0.25, 0.3) is 0 Å². The SMILES string of the molecule is COc1ccc(NC(=O)C2CCCN(c3ccc4nnc(C(C)C)n4n3)C2)cc1Cl. The molecular formula is C21H25ClN6O2. The summed E-state index contributed by atoms with van der Waals surface area (Å²) >= 11 is 6.17. The molecule has 0 radical (unpaired) electrons. The Morgan fingerprint density at radius 3 is 2.83 bits per heavy atom. The zero-order chi connectivity index (χ0) is 21.3. The molecule has 1 amide bonds. The van der Waals surface area contributed by atoms with E-state index in [0.717, 1.165) is 36.7 Å². The maximum absolute atomic E-state index is 12.9. The van der Waals surface area contributed by atoms with Crippen LogP contribution < -0.4 is 15.0 Å². The second-order valence-electron chi connectivity index (χ2n) is 7.80. The predicted molar refractivity (Wildman–Crippen MR) is 116 cm³/mol. The zero-order valence-electron chi connectivity index (χ0n) is 17.3. The minimum absolute atomic E-state index is 0.0193. The number of ether oxygens (including phenoxy) is 1. The van der Waals surface area contributed by atoms with Crippen LogP contribution in [0.25, 0.3) is 5.65 Å². The summed E-state index contributed by atoms with van der Waals surface area (Å²) in [6.07, 6.45) is 1.75. The van der Waals surface area contributed by atoms with E-state index >= 15 is 0 Å². The van der Waals surface area contributed by atoms with Crippen LogP contribution in [0.1, 0.15) is 38.4 Å². The number of anilines is 2. The normalized spacial score (nSPS) is 16.8. The van der Waals surface area contributed by atoms with Gasteiger partial charge in [-0.25, -0.2) is 0 Å². The number of hydrogen-bond donors (Lipinski definition) is 1. The molecule has 1 saturated heterocycles. The van der Waals surface area contributed by atoms with Crippen LogP contribution >= 0.6 is 11.6 Å². The molecule has 0 aliphatic carbocycles. The number of nitrogens with one attached hydrogen (secondary N) is 1. The van der Waals surface area contributed by atoms with E-state index < -0.39 is 0 Å². The lowest BCUT2D eigenvalue weighted by Gasteiger charge is -2.32. The molecule has 9 heteroatoms. The molecule has 3 heterocycles. The van der Waals surface area contributed by atoms with Crippen molar-refractivity contribution in [3.05, 3.63) is 41.2 Å². The first-order valence-electron chi connectivity index (χ1n) is 10.1. The van der Waals surface area contributed by atoms with Crippen LogP contribution in [-0.4, -0.2) is 45.9 Å². The van der Waals surface area contributed by atoms with Gasteiger partial charge in [0.2, 0.25) is 5.91 Å². The number of rotatable bonds is 5. The second-order valence-corrected chi connectivity index (χ2v) is 8.21. The summed E-state index contributed by atoms with van der Waals surface area (Å²) in [6, 6.07) is 9.10. The zero-order valence-corrected chi connectivity index (χ0v) is 18.1. The highest BCUT2D eigenvalue weighted by molar-refractivity contribution is 6.32. The Morgan fingerprint density at radius 1 is 1.27 bits per heavy atom. The second kappa shape index (κ2) is 8.47. The number of hydrogen-bond acceptors (Lipinski definition) is 6. The lowest BCUT2D eigenvalue weighted by atomic mass is 9.97. The highest BCUT2D eigenvalue weighted by Gasteiger charge is 2.27. The third-order valence-corrected chi connectivity index (χ3v) is 5.62. The number of piperidine rings is 1. The third-order valence-electron chi connectivity index (χ3n) is 5.32. The summed E-state index contributed by atoms with van der Waals surface area (Å²) in [7, 11) is 1.56. The van der Waals surface area contributed by atoms with E-state index in [0.29, 0.717) is 23.0 Å². The van der Waals surface area contributed by atoms with E-state index in [1.807, 2.05) is 12.1 Å². The topological polar surface area (TPSA) is 84.6 Å². The van der Waals surface area contributed by atoms with Gasteiger partial charge in [-0.05, 0) is 43.2 Å². The molecule has 1 aliphatic rings. The summed E-state index contributed by atoms with van der Waals surface area (Å²) in [6.45, 7) is 5.60. The molecule has 2 aromatic heterocycles. The van der Waals surface area contributed by atoms with E-state index in [1.165, 1.54) is 0 Å². The van der Waals surface area contributed by atoms with Crippen LogP contribution in [0.3, 0.4) is 0 Å².